The molecule has 0 aliphatic heterocycles. The largest absolute Gasteiger partial charge is 0.455 e. The SMILES string of the molecule is CCc1nc(C)ccc1Oc1ccc(Br)cc1CC(C)N. The van der Waals surface area contributed by atoms with Crippen molar-refractivity contribution in [2.45, 2.75) is 39.7 Å². The molecular formula is C17H21BrN2O. The third-order valence-electron chi connectivity index (χ3n) is 3.19. The molecule has 2 aromatic rings. The smallest absolute Gasteiger partial charge is 0.148 e. The van der Waals surface area contributed by atoms with Gasteiger partial charge in [-0.2, -0.15) is 0 Å². The van der Waals surface area contributed by atoms with Gasteiger partial charge in [-0.1, -0.05) is 22.9 Å². The summed E-state index contributed by atoms with van der Waals surface area (Å²) in [7, 11) is 0. The topological polar surface area (TPSA) is 48.1 Å². The van der Waals surface area contributed by atoms with E-state index in [-0.39, 0.29) is 6.04 Å². The summed E-state index contributed by atoms with van der Waals surface area (Å²) in [5.41, 5.74) is 9.01. The molecule has 0 saturated heterocycles. The van der Waals surface area contributed by atoms with Crippen LogP contribution in [0.1, 0.15) is 30.8 Å². The molecule has 21 heavy (non-hydrogen) atoms. The zero-order valence-electron chi connectivity index (χ0n) is 12.7. The summed E-state index contributed by atoms with van der Waals surface area (Å²) in [4.78, 5) is 4.54. The zero-order valence-corrected chi connectivity index (χ0v) is 14.3. The zero-order chi connectivity index (χ0) is 15.4. The highest BCUT2D eigenvalue weighted by Crippen LogP contribution is 2.30. The van der Waals surface area contributed by atoms with E-state index < -0.39 is 0 Å². The summed E-state index contributed by atoms with van der Waals surface area (Å²) in [6.07, 6.45) is 1.62. The van der Waals surface area contributed by atoms with E-state index in [0.29, 0.717) is 0 Å². The van der Waals surface area contributed by atoms with Crippen LogP contribution < -0.4 is 10.5 Å². The Balaban J connectivity index is 2.35. The summed E-state index contributed by atoms with van der Waals surface area (Å²) in [6.45, 7) is 6.07. The van der Waals surface area contributed by atoms with Crippen molar-refractivity contribution >= 4 is 15.9 Å². The Hall–Kier alpha value is -1.39. The standard InChI is InChI=1S/C17H21BrN2O/c1-4-15-17(7-5-12(3)20-15)21-16-8-6-14(18)10-13(16)9-11(2)19/h5-8,10-11H,4,9,19H2,1-3H3. The van der Waals surface area contributed by atoms with Gasteiger partial charge in [0, 0.05) is 16.2 Å². The maximum Gasteiger partial charge on any atom is 0.148 e. The van der Waals surface area contributed by atoms with Crippen molar-refractivity contribution in [3.05, 3.63) is 51.8 Å². The summed E-state index contributed by atoms with van der Waals surface area (Å²) in [5.74, 6) is 1.66. The number of aromatic nitrogens is 1. The van der Waals surface area contributed by atoms with Crippen LogP contribution in [0.3, 0.4) is 0 Å². The van der Waals surface area contributed by atoms with Crippen LogP contribution in [0.2, 0.25) is 0 Å². The molecule has 0 saturated carbocycles. The highest BCUT2D eigenvalue weighted by Gasteiger charge is 2.11. The van der Waals surface area contributed by atoms with Crippen LogP contribution in [-0.2, 0) is 12.8 Å². The molecule has 1 aromatic carbocycles. The molecule has 1 heterocycles. The van der Waals surface area contributed by atoms with E-state index in [4.69, 9.17) is 10.5 Å². The molecule has 0 fully saturated rings. The molecule has 2 N–H and O–H groups in total. The molecule has 0 radical (unpaired) electrons. The lowest BCUT2D eigenvalue weighted by Gasteiger charge is -2.15. The maximum absolute atomic E-state index is 6.10. The number of benzene rings is 1. The average Bonchev–Trinajstić information content (AvgIpc) is 2.42. The minimum absolute atomic E-state index is 0.0865. The van der Waals surface area contributed by atoms with Crippen molar-refractivity contribution in [1.82, 2.24) is 4.98 Å². The predicted molar refractivity (Wildman–Crippen MR) is 89.9 cm³/mol. The van der Waals surface area contributed by atoms with Crippen molar-refractivity contribution in [2.75, 3.05) is 0 Å². The fraction of sp³-hybridized carbons (Fsp3) is 0.353. The van der Waals surface area contributed by atoms with Crippen LogP contribution >= 0.6 is 15.9 Å². The van der Waals surface area contributed by atoms with Gasteiger partial charge in [-0.25, -0.2) is 0 Å². The molecule has 0 aliphatic carbocycles. The van der Waals surface area contributed by atoms with Gasteiger partial charge < -0.3 is 10.5 Å². The van der Waals surface area contributed by atoms with Crippen LogP contribution in [-0.4, -0.2) is 11.0 Å². The number of nitrogens with zero attached hydrogens (tertiary/aromatic N) is 1. The number of rotatable bonds is 5. The second kappa shape index (κ2) is 7.05. The summed E-state index contributed by atoms with van der Waals surface area (Å²) < 4.78 is 7.13. The first kappa shape index (κ1) is 16.0. The van der Waals surface area contributed by atoms with E-state index in [0.717, 1.165) is 45.8 Å². The van der Waals surface area contributed by atoms with Crippen LogP contribution in [0.15, 0.2) is 34.8 Å². The van der Waals surface area contributed by atoms with Gasteiger partial charge in [0.05, 0.1) is 5.69 Å². The first-order valence-electron chi connectivity index (χ1n) is 7.18. The lowest BCUT2D eigenvalue weighted by atomic mass is 10.1. The Morgan fingerprint density at radius 3 is 2.62 bits per heavy atom. The first-order chi connectivity index (χ1) is 9.99. The lowest BCUT2D eigenvalue weighted by molar-refractivity contribution is 0.464. The van der Waals surface area contributed by atoms with Crippen molar-refractivity contribution in [3.63, 3.8) is 0 Å². The number of nitrogens with two attached hydrogens (primary N) is 1. The number of hydrogen-bond acceptors (Lipinski definition) is 3. The maximum atomic E-state index is 6.10. The Kier molecular flexibility index (Phi) is 5.37. The molecule has 0 aliphatic rings. The molecule has 0 spiro atoms. The van der Waals surface area contributed by atoms with Gasteiger partial charge in [-0.15, -0.1) is 0 Å². The normalized spacial score (nSPS) is 12.2. The second-order valence-corrected chi connectivity index (χ2v) is 6.20. The van der Waals surface area contributed by atoms with Crippen LogP contribution in [0.4, 0.5) is 0 Å². The van der Waals surface area contributed by atoms with Crippen molar-refractivity contribution < 1.29 is 4.74 Å². The van der Waals surface area contributed by atoms with E-state index >= 15 is 0 Å². The van der Waals surface area contributed by atoms with E-state index in [2.05, 4.69) is 33.9 Å². The second-order valence-electron chi connectivity index (χ2n) is 5.29. The number of hydrogen-bond donors (Lipinski definition) is 1. The molecule has 3 nitrogen and oxygen atoms in total. The fourth-order valence-corrected chi connectivity index (χ4v) is 2.62. The highest BCUT2D eigenvalue weighted by molar-refractivity contribution is 9.10. The summed E-state index contributed by atoms with van der Waals surface area (Å²) >= 11 is 3.50. The quantitative estimate of drug-likeness (QED) is 0.871. The van der Waals surface area contributed by atoms with Crippen molar-refractivity contribution in [2.24, 2.45) is 5.73 Å². The summed E-state index contributed by atoms with van der Waals surface area (Å²) in [6, 6.07) is 10.1. The molecule has 1 unspecified atom stereocenters. The number of ether oxygens (including phenoxy) is 1. The van der Waals surface area contributed by atoms with E-state index in [1.165, 1.54) is 0 Å². The van der Waals surface area contributed by atoms with Gasteiger partial charge in [-0.05, 0) is 62.6 Å². The van der Waals surface area contributed by atoms with E-state index in [1.807, 2.05) is 38.1 Å². The van der Waals surface area contributed by atoms with E-state index in [9.17, 15) is 0 Å². The van der Waals surface area contributed by atoms with Crippen molar-refractivity contribution in [1.29, 1.82) is 0 Å². The molecule has 0 amide bonds. The number of aryl methyl sites for hydroxylation is 2. The Morgan fingerprint density at radius 1 is 1.24 bits per heavy atom. The van der Waals surface area contributed by atoms with Crippen LogP contribution in [0.5, 0.6) is 11.5 Å². The highest BCUT2D eigenvalue weighted by atomic mass is 79.9. The van der Waals surface area contributed by atoms with Crippen molar-refractivity contribution in [3.8, 4) is 11.5 Å². The Morgan fingerprint density at radius 2 is 1.95 bits per heavy atom. The minimum Gasteiger partial charge on any atom is -0.455 e. The summed E-state index contributed by atoms with van der Waals surface area (Å²) in [5, 5.41) is 0. The van der Waals surface area contributed by atoms with Gasteiger partial charge in [0.15, 0.2) is 0 Å². The third kappa shape index (κ3) is 4.29. The first-order valence-corrected chi connectivity index (χ1v) is 7.97. The lowest BCUT2D eigenvalue weighted by Crippen LogP contribution is -2.18. The van der Waals surface area contributed by atoms with Gasteiger partial charge >= 0.3 is 0 Å². The molecule has 1 aromatic heterocycles. The third-order valence-corrected chi connectivity index (χ3v) is 3.68. The van der Waals surface area contributed by atoms with Crippen LogP contribution in [0, 0.1) is 6.92 Å². The van der Waals surface area contributed by atoms with Gasteiger partial charge in [-0.3, -0.25) is 4.98 Å². The number of pyridine rings is 1. The van der Waals surface area contributed by atoms with Gasteiger partial charge in [0.25, 0.3) is 0 Å². The molecule has 2 rings (SSSR count). The molecular weight excluding hydrogens is 328 g/mol. The predicted octanol–water partition coefficient (Wildman–Crippen LogP) is 4.40. The molecule has 112 valence electrons. The molecule has 4 heteroatoms. The number of halogens is 1. The van der Waals surface area contributed by atoms with Gasteiger partial charge in [0.1, 0.15) is 11.5 Å². The monoisotopic (exact) mass is 348 g/mol. The Labute approximate surface area is 134 Å². The Bertz CT molecular complexity index is 626. The fourth-order valence-electron chi connectivity index (χ4n) is 2.22. The average molecular weight is 349 g/mol. The minimum atomic E-state index is 0.0865. The molecule has 1 atom stereocenters. The van der Waals surface area contributed by atoms with Crippen LogP contribution in [0.25, 0.3) is 0 Å². The van der Waals surface area contributed by atoms with Gasteiger partial charge in [0.2, 0.25) is 0 Å². The van der Waals surface area contributed by atoms with E-state index in [1.54, 1.807) is 0 Å². The molecule has 0 bridgehead atoms.